The zero-order valence-corrected chi connectivity index (χ0v) is 11.4. The number of amides is 1. The van der Waals surface area contributed by atoms with Crippen LogP contribution in [0.15, 0.2) is 36.4 Å². The number of anilines is 1. The Morgan fingerprint density at radius 1 is 1.24 bits per heavy atom. The second-order valence-corrected chi connectivity index (χ2v) is 4.58. The van der Waals surface area contributed by atoms with E-state index in [4.69, 9.17) is 18.0 Å². The lowest BCUT2D eigenvalue weighted by molar-refractivity contribution is 0.102. The number of rotatable bonds is 3. The van der Waals surface area contributed by atoms with Gasteiger partial charge in [-0.3, -0.25) is 4.79 Å². The first-order chi connectivity index (χ1) is 9.90. The molecule has 7 heteroatoms. The highest BCUT2D eigenvalue weighted by Gasteiger charge is 2.17. The first-order valence-corrected chi connectivity index (χ1v) is 6.19. The molecule has 4 nitrogen and oxygen atoms in total. The van der Waals surface area contributed by atoms with E-state index in [1.54, 1.807) is 0 Å². The minimum Gasteiger partial charge on any atom is -0.507 e. The Labute approximate surface area is 124 Å². The first-order valence-electron chi connectivity index (χ1n) is 5.78. The molecule has 4 N–H and O–H groups in total. The molecule has 0 bridgehead atoms. The van der Waals surface area contributed by atoms with Gasteiger partial charge in [0.2, 0.25) is 0 Å². The van der Waals surface area contributed by atoms with Crippen LogP contribution in [0, 0.1) is 11.6 Å². The number of aromatic hydroxyl groups is 1. The molecular weight excluding hydrogens is 298 g/mol. The van der Waals surface area contributed by atoms with Gasteiger partial charge >= 0.3 is 0 Å². The van der Waals surface area contributed by atoms with Crippen molar-refractivity contribution in [1.82, 2.24) is 0 Å². The fourth-order valence-electron chi connectivity index (χ4n) is 1.76. The van der Waals surface area contributed by atoms with Gasteiger partial charge in [-0.05, 0) is 30.3 Å². The summed E-state index contributed by atoms with van der Waals surface area (Å²) in [6.45, 7) is 0. The van der Waals surface area contributed by atoms with Crippen molar-refractivity contribution in [3.8, 4) is 5.75 Å². The van der Waals surface area contributed by atoms with Crippen LogP contribution < -0.4 is 11.1 Å². The smallest absolute Gasteiger partial charge is 0.259 e. The molecule has 0 saturated heterocycles. The van der Waals surface area contributed by atoms with Crippen molar-refractivity contribution in [1.29, 1.82) is 0 Å². The molecule has 0 aromatic heterocycles. The summed E-state index contributed by atoms with van der Waals surface area (Å²) in [5.74, 6) is -2.59. The van der Waals surface area contributed by atoms with E-state index in [9.17, 15) is 18.7 Å². The van der Waals surface area contributed by atoms with E-state index in [-0.39, 0.29) is 21.8 Å². The average molecular weight is 308 g/mol. The molecule has 2 aromatic rings. The third kappa shape index (κ3) is 3.14. The van der Waals surface area contributed by atoms with Crippen molar-refractivity contribution in [2.45, 2.75) is 0 Å². The molecule has 0 fully saturated rings. The summed E-state index contributed by atoms with van der Waals surface area (Å²) in [7, 11) is 0. The summed E-state index contributed by atoms with van der Waals surface area (Å²) >= 11 is 4.73. The van der Waals surface area contributed by atoms with Crippen molar-refractivity contribution in [2.75, 3.05) is 5.32 Å². The van der Waals surface area contributed by atoms with Crippen molar-refractivity contribution >= 4 is 28.8 Å². The maximum absolute atomic E-state index is 13.7. The number of hydrogen-bond acceptors (Lipinski definition) is 3. The largest absolute Gasteiger partial charge is 0.507 e. The fourth-order valence-corrected chi connectivity index (χ4v) is 1.97. The van der Waals surface area contributed by atoms with Crippen LogP contribution >= 0.6 is 12.2 Å². The molecule has 2 aromatic carbocycles. The molecule has 0 atom stereocenters. The number of nitrogens with one attached hydrogen (secondary N) is 1. The zero-order valence-electron chi connectivity index (χ0n) is 10.6. The summed E-state index contributed by atoms with van der Waals surface area (Å²) in [6.07, 6.45) is 0. The van der Waals surface area contributed by atoms with Crippen LogP contribution in [-0.2, 0) is 0 Å². The second-order valence-electron chi connectivity index (χ2n) is 4.14. The van der Waals surface area contributed by atoms with Crippen LogP contribution in [0.1, 0.15) is 15.9 Å². The normalized spacial score (nSPS) is 10.2. The highest BCUT2D eigenvalue weighted by molar-refractivity contribution is 7.80. The van der Waals surface area contributed by atoms with Gasteiger partial charge < -0.3 is 16.2 Å². The van der Waals surface area contributed by atoms with Gasteiger partial charge in [-0.15, -0.1) is 0 Å². The first kappa shape index (κ1) is 14.9. The van der Waals surface area contributed by atoms with Crippen LogP contribution in [0.5, 0.6) is 5.75 Å². The number of thiocarbonyl (C=S) groups is 1. The molecule has 0 heterocycles. The summed E-state index contributed by atoms with van der Waals surface area (Å²) in [6, 6.07) is 6.82. The number of carbonyl (C=O) groups is 1. The number of hydrogen-bond donors (Lipinski definition) is 3. The Hall–Kier alpha value is -2.54. The van der Waals surface area contributed by atoms with Crippen LogP contribution in [0.3, 0.4) is 0 Å². The number of carbonyl (C=O) groups excluding carboxylic acids is 1. The lowest BCUT2D eigenvalue weighted by Crippen LogP contribution is -2.19. The zero-order chi connectivity index (χ0) is 15.6. The number of benzene rings is 2. The van der Waals surface area contributed by atoms with Gasteiger partial charge in [-0.2, -0.15) is 0 Å². The molecular formula is C14H10F2N2O2S. The molecule has 108 valence electrons. The topological polar surface area (TPSA) is 75.3 Å². The Morgan fingerprint density at radius 3 is 2.62 bits per heavy atom. The maximum atomic E-state index is 13.7. The highest BCUT2D eigenvalue weighted by Crippen LogP contribution is 2.23. The van der Waals surface area contributed by atoms with Gasteiger partial charge in [0, 0.05) is 0 Å². The monoisotopic (exact) mass is 308 g/mol. The Bertz CT molecular complexity index is 735. The van der Waals surface area contributed by atoms with Crippen LogP contribution in [0.4, 0.5) is 14.5 Å². The van der Waals surface area contributed by atoms with E-state index >= 15 is 0 Å². The van der Waals surface area contributed by atoms with Crippen LogP contribution in [0.2, 0.25) is 0 Å². The van der Waals surface area contributed by atoms with E-state index in [0.717, 1.165) is 24.3 Å². The number of nitrogens with two attached hydrogens (primary N) is 1. The van der Waals surface area contributed by atoms with Crippen LogP contribution in [0.25, 0.3) is 0 Å². The lowest BCUT2D eigenvalue weighted by atomic mass is 10.1. The fraction of sp³-hybridized carbons (Fsp3) is 0. The molecule has 0 unspecified atom stereocenters. The summed E-state index contributed by atoms with van der Waals surface area (Å²) in [5.41, 5.74) is 5.04. The lowest BCUT2D eigenvalue weighted by Gasteiger charge is -2.11. The second kappa shape index (κ2) is 5.84. The molecule has 2 rings (SSSR count). The van der Waals surface area contributed by atoms with Gasteiger partial charge in [-0.1, -0.05) is 18.3 Å². The van der Waals surface area contributed by atoms with Gasteiger partial charge in [-0.25, -0.2) is 8.78 Å². The van der Waals surface area contributed by atoms with Gasteiger partial charge in [0.25, 0.3) is 5.91 Å². The molecule has 0 aliphatic heterocycles. The average Bonchev–Trinajstić information content (AvgIpc) is 2.41. The van der Waals surface area contributed by atoms with Gasteiger partial charge in [0.1, 0.15) is 22.4 Å². The maximum Gasteiger partial charge on any atom is 0.259 e. The third-order valence-corrected chi connectivity index (χ3v) is 2.92. The molecule has 0 radical (unpaired) electrons. The summed E-state index contributed by atoms with van der Waals surface area (Å²) in [4.78, 5) is 11.8. The molecule has 0 aliphatic carbocycles. The van der Waals surface area contributed by atoms with E-state index in [1.807, 2.05) is 0 Å². The Kier molecular flexibility index (Phi) is 4.13. The van der Waals surface area contributed by atoms with E-state index in [1.165, 1.54) is 12.1 Å². The minimum atomic E-state index is -0.810. The predicted molar refractivity (Wildman–Crippen MR) is 78.3 cm³/mol. The Morgan fingerprint density at radius 2 is 1.95 bits per heavy atom. The third-order valence-electron chi connectivity index (χ3n) is 2.71. The van der Waals surface area contributed by atoms with Crippen molar-refractivity contribution in [3.63, 3.8) is 0 Å². The van der Waals surface area contributed by atoms with E-state index in [0.29, 0.717) is 0 Å². The standard InChI is InChI=1S/C14H10F2N2O2S/c15-7-4-5-11(19)8(6-7)14(20)18-10-3-1-2-9(16)12(10)13(17)21/h1-6,19H,(H2,17,21)(H,18,20). The van der Waals surface area contributed by atoms with Gasteiger partial charge in [0.05, 0.1) is 16.8 Å². The Balaban J connectivity index is 2.39. The van der Waals surface area contributed by atoms with Crippen molar-refractivity contribution in [2.24, 2.45) is 5.73 Å². The number of phenolic OH excluding ortho intramolecular Hbond substituents is 1. The summed E-state index contributed by atoms with van der Waals surface area (Å²) in [5, 5.41) is 11.9. The summed E-state index contributed by atoms with van der Waals surface area (Å²) < 4.78 is 26.8. The van der Waals surface area contributed by atoms with E-state index in [2.05, 4.69) is 5.32 Å². The molecule has 1 amide bonds. The SMILES string of the molecule is NC(=S)c1c(F)cccc1NC(=O)c1cc(F)ccc1O. The highest BCUT2D eigenvalue weighted by atomic mass is 32.1. The van der Waals surface area contributed by atoms with Crippen molar-refractivity contribution < 1.29 is 18.7 Å². The van der Waals surface area contributed by atoms with Crippen molar-refractivity contribution in [3.05, 3.63) is 59.2 Å². The molecule has 21 heavy (non-hydrogen) atoms. The number of phenols is 1. The van der Waals surface area contributed by atoms with Gasteiger partial charge in [0.15, 0.2) is 0 Å². The molecule has 0 saturated carbocycles. The molecule has 0 aliphatic rings. The minimum absolute atomic E-state index is 0.0381. The van der Waals surface area contributed by atoms with E-state index < -0.39 is 23.3 Å². The van der Waals surface area contributed by atoms with Crippen LogP contribution in [-0.4, -0.2) is 16.0 Å². The number of halogens is 2. The predicted octanol–water partition coefficient (Wildman–Crippen LogP) is 2.56. The molecule has 0 spiro atoms. The quantitative estimate of drug-likeness (QED) is 0.762.